The first-order valence-corrected chi connectivity index (χ1v) is 13.6. The molecule has 2 aliphatic heterocycles. The lowest BCUT2D eigenvalue weighted by Crippen LogP contribution is -2.44. The molecule has 1 aromatic heterocycles. The predicted octanol–water partition coefficient (Wildman–Crippen LogP) is 3.77. The van der Waals surface area contributed by atoms with Crippen LogP contribution < -0.4 is 15.0 Å². The number of carbonyl (C=O) groups is 4. The van der Waals surface area contributed by atoms with Crippen LogP contribution in [0.3, 0.4) is 0 Å². The molecule has 0 unspecified atom stereocenters. The number of methoxy groups -OCH3 is 1. The van der Waals surface area contributed by atoms with E-state index in [4.69, 9.17) is 4.74 Å². The summed E-state index contributed by atoms with van der Waals surface area (Å²) in [7, 11) is 1.56. The predicted molar refractivity (Wildman–Crippen MR) is 155 cm³/mol. The summed E-state index contributed by atoms with van der Waals surface area (Å²) in [4.78, 5) is 59.0. The summed E-state index contributed by atoms with van der Waals surface area (Å²) in [6, 6.07) is 18.1. The number of benzene rings is 3. The van der Waals surface area contributed by atoms with Crippen LogP contribution in [0.1, 0.15) is 33.2 Å². The van der Waals surface area contributed by atoms with Gasteiger partial charge in [0.1, 0.15) is 23.9 Å². The van der Waals surface area contributed by atoms with Gasteiger partial charge in [-0.1, -0.05) is 42.5 Å². The molecule has 0 radical (unpaired) electrons. The largest absolute Gasteiger partial charge is 0.497 e. The van der Waals surface area contributed by atoms with E-state index in [1.54, 1.807) is 24.1 Å². The van der Waals surface area contributed by atoms with E-state index in [9.17, 15) is 24.3 Å². The molecule has 3 aromatic carbocycles. The molecule has 2 aliphatic rings. The summed E-state index contributed by atoms with van der Waals surface area (Å²) in [6.07, 6.45) is 0.288. The molecular weight excluding hydrogens is 544 g/mol. The number of imide groups is 1. The lowest BCUT2D eigenvalue weighted by molar-refractivity contribution is -0.138. The maximum absolute atomic E-state index is 14.2. The Hall–Kier alpha value is -4.77. The van der Waals surface area contributed by atoms with E-state index >= 15 is 0 Å². The van der Waals surface area contributed by atoms with Gasteiger partial charge in [0.05, 0.1) is 18.4 Å². The van der Waals surface area contributed by atoms with Crippen molar-refractivity contribution in [2.75, 3.05) is 17.8 Å². The highest BCUT2D eigenvalue weighted by atomic mass is 32.1. The van der Waals surface area contributed by atoms with Gasteiger partial charge >= 0.3 is 12.0 Å². The zero-order valence-corrected chi connectivity index (χ0v) is 22.8. The zero-order valence-electron chi connectivity index (χ0n) is 21.9. The van der Waals surface area contributed by atoms with Crippen molar-refractivity contribution in [1.29, 1.82) is 0 Å². The fourth-order valence-corrected chi connectivity index (χ4v) is 5.98. The molecule has 0 bridgehead atoms. The second kappa shape index (κ2) is 10.3. The maximum atomic E-state index is 14.2. The highest BCUT2D eigenvalue weighted by Crippen LogP contribution is 2.45. The second-order valence-corrected chi connectivity index (χ2v) is 10.3. The fourth-order valence-electron chi connectivity index (χ4n) is 5.74. The summed E-state index contributed by atoms with van der Waals surface area (Å²) in [5.41, 5.74) is 3.50. The first-order chi connectivity index (χ1) is 19.8. The van der Waals surface area contributed by atoms with Gasteiger partial charge in [0, 0.05) is 28.8 Å². The summed E-state index contributed by atoms with van der Waals surface area (Å²) in [5.74, 6) is -1.97. The number of ether oxygens (including phenoxy) is 1. The van der Waals surface area contributed by atoms with Gasteiger partial charge in [0.25, 0.3) is 11.8 Å². The number of nitrogens with one attached hydrogen (secondary N) is 2. The molecule has 0 spiro atoms. The highest BCUT2D eigenvalue weighted by molar-refractivity contribution is 7.80. The minimum atomic E-state index is -1.24. The Kier molecular flexibility index (Phi) is 6.66. The van der Waals surface area contributed by atoms with E-state index in [2.05, 4.69) is 22.9 Å². The summed E-state index contributed by atoms with van der Waals surface area (Å²) >= 11 is 4.01. The summed E-state index contributed by atoms with van der Waals surface area (Å²) in [6.45, 7) is 0. The minimum absolute atomic E-state index is 0.00369. The Morgan fingerprint density at radius 1 is 1.10 bits per heavy atom. The van der Waals surface area contributed by atoms with Crippen LogP contribution in [0.4, 0.5) is 10.5 Å². The molecule has 10 nitrogen and oxygen atoms in total. The number of amides is 4. The van der Waals surface area contributed by atoms with Crippen LogP contribution in [0.25, 0.3) is 10.9 Å². The molecule has 11 heteroatoms. The quantitative estimate of drug-likeness (QED) is 0.198. The third kappa shape index (κ3) is 4.29. The number of thiol groups is 1. The molecule has 4 aromatic rings. The Balaban J connectivity index is 1.46. The van der Waals surface area contributed by atoms with Gasteiger partial charge in [-0.15, -0.1) is 0 Å². The number of H-pyrrole nitrogens is 1. The van der Waals surface area contributed by atoms with Crippen molar-refractivity contribution in [2.24, 2.45) is 0 Å². The van der Waals surface area contributed by atoms with Crippen LogP contribution in [0.15, 0.2) is 72.8 Å². The van der Waals surface area contributed by atoms with E-state index in [1.807, 2.05) is 48.5 Å². The van der Waals surface area contributed by atoms with Crippen molar-refractivity contribution in [3.63, 3.8) is 0 Å². The molecule has 4 amide bonds. The third-order valence-corrected chi connectivity index (χ3v) is 8.00. The van der Waals surface area contributed by atoms with E-state index in [0.29, 0.717) is 5.75 Å². The van der Waals surface area contributed by atoms with Gasteiger partial charge in [-0.05, 0) is 41.5 Å². The van der Waals surface area contributed by atoms with Crippen LogP contribution in [-0.4, -0.2) is 63.8 Å². The number of hydrogen-bond acceptors (Lipinski definition) is 6. The smallest absolute Gasteiger partial charge is 0.332 e. The third-order valence-electron chi connectivity index (χ3n) is 7.63. The SMILES string of the molecule is COc1cccc([C@@H]2c3[nH]c4ccccc4c3C[C@H]3C(=O)N(c4ccccc4C(=O)N[C@@H](CS)C(=O)O)C(=O)N23)c1. The molecule has 208 valence electrons. The van der Waals surface area contributed by atoms with Crippen molar-refractivity contribution >= 4 is 53.0 Å². The van der Waals surface area contributed by atoms with Crippen LogP contribution in [-0.2, 0) is 16.0 Å². The standard InChI is InChI=1S/C30H26N4O6S/c1-40-17-8-6-7-16(13-17)26-25-20(18-9-2-4-11-21(18)31-25)14-24-28(36)34(30(39)33(24)26)23-12-5-3-10-19(23)27(35)32-22(15-41)29(37)38/h2-13,22,24,26,31,41H,14-15H2,1H3,(H,32,35)(H,37,38)/t22-,24-,26+/m0/s1. The van der Waals surface area contributed by atoms with Crippen molar-refractivity contribution in [3.05, 3.63) is 95.2 Å². The number of urea groups is 1. The maximum Gasteiger partial charge on any atom is 0.332 e. The van der Waals surface area contributed by atoms with Crippen LogP contribution in [0.5, 0.6) is 5.75 Å². The molecule has 0 saturated carbocycles. The number of carbonyl (C=O) groups excluding carboxylic acids is 3. The van der Waals surface area contributed by atoms with Gasteiger partial charge in [0.2, 0.25) is 0 Å². The van der Waals surface area contributed by atoms with Crippen LogP contribution >= 0.6 is 12.6 Å². The Morgan fingerprint density at radius 2 is 1.85 bits per heavy atom. The van der Waals surface area contributed by atoms with Crippen molar-refractivity contribution in [1.82, 2.24) is 15.2 Å². The van der Waals surface area contributed by atoms with Crippen LogP contribution in [0, 0.1) is 0 Å². The van der Waals surface area contributed by atoms with Crippen LogP contribution in [0.2, 0.25) is 0 Å². The highest BCUT2D eigenvalue weighted by Gasteiger charge is 2.53. The van der Waals surface area contributed by atoms with Gasteiger partial charge in [-0.2, -0.15) is 12.6 Å². The number of rotatable bonds is 7. The average molecular weight is 571 g/mol. The number of anilines is 1. The van der Waals surface area contributed by atoms with Gasteiger partial charge in [-0.3, -0.25) is 14.5 Å². The molecule has 1 fully saturated rings. The monoisotopic (exact) mass is 570 g/mol. The molecule has 3 heterocycles. The molecular formula is C30H26N4O6S. The number of carboxylic acid groups (broad SMARTS) is 1. The fraction of sp³-hybridized carbons (Fsp3) is 0.200. The van der Waals surface area contributed by atoms with Crippen molar-refractivity contribution in [2.45, 2.75) is 24.5 Å². The first kappa shape index (κ1) is 26.5. The van der Waals surface area contributed by atoms with E-state index < -0.39 is 41.9 Å². The van der Waals surface area contributed by atoms with E-state index in [1.165, 1.54) is 12.1 Å². The number of fused-ring (bicyclic) bond motifs is 4. The lowest BCUT2D eigenvalue weighted by atomic mass is 9.89. The topological polar surface area (TPSA) is 132 Å². The molecule has 1 saturated heterocycles. The van der Waals surface area contributed by atoms with Gasteiger partial charge in [-0.25, -0.2) is 14.5 Å². The van der Waals surface area contributed by atoms with E-state index in [-0.39, 0.29) is 23.4 Å². The molecule has 0 aliphatic carbocycles. The zero-order chi connectivity index (χ0) is 28.8. The van der Waals surface area contributed by atoms with E-state index in [0.717, 1.165) is 32.6 Å². The summed E-state index contributed by atoms with van der Waals surface area (Å²) in [5, 5.41) is 12.8. The first-order valence-electron chi connectivity index (χ1n) is 13.0. The van der Waals surface area contributed by atoms with Crippen molar-refractivity contribution < 1.29 is 29.0 Å². The minimum Gasteiger partial charge on any atom is -0.497 e. The number of para-hydroxylation sites is 2. The molecule has 41 heavy (non-hydrogen) atoms. The molecule has 3 N–H and O–H groups in total. The Morgan fingerprint density at radius 3 is 2.61 bits per heavy atom. The number of aromatic amines is 1. The number of carboxylic acids is 1. The average Bonchev–Trinajstić information content (AvgIpc) is 3.48. The van der Waals surface area contributed by atoms with Crippen molar-refractivity contribution in [3.8, 4) is 5.75 Å². The second-order valence-electron chi connectivity index (χ2n) is 9.89. The Labute approximate surface area is 240 Å². The lowest BCUT2D eigenvalue weighted by Gasteiger charge is -2.36. The molecule has 6 rings (SSSR count). The normalized spacial score (nSPS) is 18.7. The van der Waals surface area contributed by atoms with Gasteiger partial charge < -0.3 is 20.1 Å². The number of aromatic nitrogens is 1. The number of aliphatic carboxylic acids is 1. The number of nitrogens with zero attached hydrogens (tertiary/aromatic N) is 2. The summed E-state index contributed by atoms with van der Waals surface area (Å²) < 4.78 is 5.46. The molecule has 3 atom stereocenters. The number of hydrogen-bond donors (Lipinski definition) is 4. The Bertz CT molecular complexity index is 1720. The van der Waals surface area contributed by atoms with Gasteiger partial charge in [0.15, 0.2) is 0 Å².